The van der Waals surface area contributed by atoms with E-state index in [4.69, 9.17) is 5.26 Å². The van der Waals surface area contributed by atoms with E-state index in [0.717, 1.165) is 6.42 Å². The molecule has 2 heteroatoms. The Labute approximate surface area is 86.9 Å². The topological polar surface area (TPSA) is 23.8 Å². The molecule has 76 valence electrons. The predicted molar refractivity (Wildman–Crippen MR) is 60.8 cm³/mol. The number of hydrogen-bond donors (Lipinski definition) is 0. The summed E-state index contributed by atoms with van der Waals surface area (Å²) in [5.74, 6) is 0.536. The molecule has 0 aromatic rings. The zero-order valence-corrected chi connectivity index (χ0v) is 10.0. The molecule has 0 aromatic carbocycles. The third-order valence-electron chi connectivity index (χ3n) is 2.34. The first-order chi connectivity index (χ1) is 6.15. The first-order valence-corrected chi connectivity index (χ1v) is 6.15. The van der Waals surface area contributed by atoms with Gasteiger partial charge in [0.2, 0.25) is 0 Å². The van der Waals surface area contributed by atoms with Crippen LogP contribution in [0.5, 0.6) is 0 Å². The van der Waals surface area contributed by atoms with Gasteiger partial charge in [0.1, 0.15) is 0 Å². The van der Waals surface area contributed by atoms with Gasteiger partial charge in [-0.1, -0.05) is 34.1 Å². The lowest BCUT2D eigenvalue weighted by molar-refractivity contribution is 0.545. The Balaban J connectivity index is 3.95. The summed E-state index contributed by atoms with van der Waals surface area (Å²) >= 11 is 1.83. The molecule has 0 aromatic heterocycles. The second kappa shape index (κ2) is 7.26. The molecule has 0 spiro atoms. The molecular formula is C11H21NS. The minimum atomic E-state index is 0.190. The Morgan fingerprint density at radius 3 is 2.31 bits per heavy atom. The molecule has 0 fully saturated rings. The van der Waals surface area contributed by atoms with E-state index in [1.165, 1.54) is 12.8 Å². The number of nitriles is 1. The second-order valence-corrected chi connectivity index (χ2v) is 5.26. The Morgan fingerprint density at radius 1 is 1.31 bits per heavy atom. The first-order valence-electron chi connectivity index (χ1n) is 5.20. The van der Waals surface area contributed by atoms with E-state index in [1.807, 2.05) is 11.8 Å². The lowest BCUT2D eigenvalue weighted by Gasteiger charge is -2.19. The predicted octanol–water partition coefficient (Wildman–Crippen LogP) is 3.85. The van der Waals surface area contributed by atoms with Crippen molar-refractivity contribution < 1.29 is 0 Å². The van der Waals surface area contributed by atoms with Gasteiger partial charge in [-0.2, -0.15) is 5.26 Å². The Kier molecular flexibility index (Phi) is 7.17. The smallest absolute Gasteiger partial charge is 0.0944 e. The van der Waals surface area contributed by atoms with Crippen molar-refractivity contribution in [2.45, 2.75) is 57.5 Å². The van der Waals surface area contributed by atoms with Crippen LogP contribution in [0.3, 0.4) is 0 Å². The van der Waals surface area contributed by atoms with Crippen LogP contribution in [-0.4, -0.2) is 10.5 Å². The average Bonchev–Trinajstić information content (AvgIpc) is 2.14. The van der Waals surface area contributed by atoms with Crippen molar-refractivity contribution in [3.63, 3.8) is 0 Å². The second-order valence-electron chi connectivity index (χ2n) is 3.67. The first kappa shape index (κ1) is 12.8. The van der Waals surface area contributed by atoms with Crippen LogP contribution in [0.4, 0.5) is 0 Å². The molecule has 3 atom stereocenters. The fourth-order valence-corrected chi connectivity index (χ4v) is 2.40. The highest BCUT2D eigenvalue weighted by Gasteiger charge is 2.18. The standard InChI is InChI=1S/C11H21NS/c1-5-7-9(3)11(8-12)13-10(4)6-2/h9-11H,5-7H2,1-4H3. The van der Waals surface area contributed by atoms with Gasteiger partial charge in [0.05, 0.1) is 11.3 Å². The monoisotopic (exact) mass is 199 g/mol. The maximum Gasteiger partial charge on any atom is 0.0944 e. The van der Waals surface area contributed by atoms with Crippen LogP contribution in [0.1, 0.15) is 47.0 Å². The van der Waals surface area contributed by atoms with Crippen LogP contribution in [0, 0.1) is 17.2 Å². The van der Waals surface area contributed by atoms with Gasteiger partial charge in [0, 0.05) is 5.25 Å². The highest BCUT2D eigenvalue weighted by Crippen LogP contribution is 2.27. The molecule has 0 aliphatic carbocycles. The van der Waals surface area contributed by atoms with Crippen molar-refractivity contribution in [2.24, 2.45) is 5.92 Å². The number of hydrogen-bond acceptors (Lipinski definition) is 2. The Morgan fingerprint density at radius 2 is 1.92 bits per heavy atom. The fourth-order valence-electron chi connectivity index (χ4n) is 1.25. The molecule has 0 amide bonds. The van der Waals surface area contributed by atoms with Crippen molar-refractivity contribution in [3.8, 4) is 6.07 Å². The molecule has 0 saturated heterocycles. The van der Waals surface area contributed by atoms with E-state index in [2.05, 4.69) is 33.8 Å². The summed E-state index contributed by atoms with van der Waals surface area (Å²) in [7, 11) is 0. The quantitative estimate of drug-likeness (QED) is 0.649. The molecule has 1 nitrogen and oxygen atoms in total. The SMILES string of the molecule is CCCC(C)C(C#N)SC(C)CC. The summed E-state index contributed by atoms with van der Waals surface area (Å²) in [4.78, 5) is 0. The van der Waals surface area contributed by atoms with Crippen LogP contribution >= 0.6 is 11.8 Å². The maximum atomic E-state index is 9.00. The van der Waals surface area contributed by atoms with Gasteiger partial charge in [-0.15, -0.1) is 11.8 Å². The minimum Gasteiger partial charge on any atom is -0.197 e. The molecule has 0 N–H and O–H groups in total. The van der Waals surface area contributed by atoms with Gasteiger partial charge < -0.3 is 0 Å². The van der Waals surface area contributed by atoms with Gasteiger partial charge >= 0.3 is 0 Å². The molecule has 0 heterocycles. The summed E-state index contributed by atoms with van der Waals surface area (Å²) < 4.78 is 0. The van der Waals surface area contributed by atoms with Crippen molar-refractivity contribution in [2.75, 3.05) is 0 Å². The van der Waals surface area contributed by atoms with Crippen LogP contribution in [-0.2, 0) is 0 Å². The van der Waals surface area contributed by atoms with Crippen molar-refractivity contribution in [1.29, 1.82) is 5.26 Å². The highest BCUT2D eigenvalue weighted by molar-refractivity contribution is 8.00. The molecule has 0 aliphatic rings. The minimum absolute atomic E-state index is 0.190. The van der Waals surface area contributed by atoms with E-state index in [-0.39, 0.29) is 5.25 Å². The average molecular weight is 199 g/mol. The van der Waals surface area contributed by atoms with Gasteiger partial charge in [-0.05, 0) is 18.8 Å². The lowest BCUT2D eigenvalue weighted by Crippen LogP contribution is -2.15. The number of nitrogens with zero attached hydrogens (tertiary/aromatic N) is 1. The molecule has 0 bridgehead atoms. The molecular weight excluding hydrogens is 178 g/mol. The lowest BCUT2D eigenvalue weighted by atomic mass is 10.0. The number of thioether (sulfide) groups is 1. The fraction of sp³-hybridized carbons (Fsp3) is 0.909. The summed E-state index contributed by atoms with van der Waals surface area (Å²) in [6.07, 6.45) is 3.50. The molecule has 13 heavy (non-hydrogen) atoms. The summed E-state index contributed by atoms with van der Waals surface area (Å²) in [6.45, 7) is 8.75. The third-order valence-corrected chi connectivity index (χ3v) is 4.00. The summed E-state index contributed by atoms with van der Waals surface area (Å²) in [6, 6.07) is 2.41. The largest absolute Gasteiger partial charge is 0.197 e. The zero-order valence-electron chi connectivity index (χ0n) is 9.21. The van der Waals surface area contributed by atoms with Crippen LogP contribution in [0.2, 0.25) is 0 Å². The normalized spacial score (nSPS) is 17.5. The van der Waals surface area contributed by atoms with E-state index in [1.54, 1.807) is 0 Å². The van der Waals surface area contributed by atoms with E-state index in [0.29, 0.717) is 11.2 Å². The number of rotatable bonds is 6. The van der Waals surface area contributed by atoms with Crippen molar-refractivity contribution >= 4 is 11.8 Å². The van der Waals surface area contributed by atoms with E-state index < -0.39 is 0 Å². The van der Waals surface area contributed by atoms with Gasteiger partial charge in [-0.3, -0.25) is 0 Å². The van der Waals surface area contributed by atoms with Gasteiger partial charge in [0.25, 0.3) is 0 Å². The molecule has 0 saturated carbocycles. The van der Waals surface area contributed by atoms with Crippen LogP contribution in [0.15, 0.2) is 0 Å². The van der Waals surface area contributed by atoms with E-state index >= 15 is 0 Å². The van der Waals surface area contributed by atoms with Gasteiger partial charge in [0.15, 0.2) is 0 Å². The Bertz CT molecular complexity index is 162. The molecule has 0 radical (unpaired) electrons. The van der Waals surface area contributed by atoms with Crippen molar-refractivity contribution in [3.05, 3.63) is 0 Å². The van der Waals surface area contributed by atoms with Gasteiger partial charge in [-0.25, -0.2) is 0 Å². The maximum absolute atomic E-state index is 9.00. The summed E-state index contributed by atoms with van der Waals surface area (Å²) in [5.41, 5.74) is 0. The van der Waals surface area contributed by atoms with E-state index in [9.17, 15) is 0 Å². The van der Waals surface area contributed by atoms with Crippen LogP contribution < -0.4 is 0 Å². The molecule has 3 unspecified atom stereocenters. The summed E-state index contributed by atoms with van der Waals surface area (Å²) in [5, 5.41) is 9.80. The molecule has 0 rings (SSSR count). The highest BCUT2D eigenvalue weighted by atomic mass is 32.2. The zero-order chi connectivity index (χ0) is 10.3. The molecule has 0 aliphatic heterocycles. The van der Waals surface area contributed by atoms with Crippen molar-refractivity contribution in [1.82, 2.24) is 0 Å². The third kappa shape index (κ3) is 5.21. The Hall–Kier alpha value is -0.160. The van der Waals surface area contributed by atoms with Crippen LogP contribution in [0.25, 0.3) is 0 Å².